The molecule has 0 spiro atoms. The van der Waals surface area contributed by atoms with Crippen LogP contribution in [0.1, 0.15) is 38.5 Å². The Labute approximate surface area is 91.8 Å². The predicted octanol–water partition coefficient (Wildman–Crippen LogP) is 1.33. The Balaban J connectivity index is 2.61. The molecule has 0 radical (unpaired) electrons. The number of hydrogen-bond donors (Lipinski definition) is 2. The highest BCUT2D eigenvalue weighted by Gasteiger charge is 2.52. The number of Topliss-reactive ketones (excluding diaryl/α,β-unsaturated/α-hetero) is 1. The van der Waals surface area contributed by atoms with Crippen molar-refractivity contribution >= 4 is 11.8 Å². The monoisotopic (exact) mass is 235 g/mol. The Bertz CT molecular complexity index is 306. The first kappa shape index (κ1) is 13.0. The van der Waals surface area contributed by atoms with E-state index < -0.39 is 29.6 Å². The van der Waals surface area contributed by atoms with E-state index in [2.05, 4.69) is 0 Å². The standard InChI is InChI=1S/C10H15F2NO3/c11-10(12)6-2-5-9(13,8(10)16)4-1-3-7(14)15/h1-6,13H2,(H,14,15). The van der Waals surface area contributed by atoms with E-state index in [9.17, 15) is 18.4 Å². The maximum absolute atomic E-state index is 13.1. The Morgan fingerprint density at radius 1 is 1.44 bits per heavy atom. The molecule has 1 saturated carbocycles. The van der Waals surface area contributed by atoms with Gasteiger partial charge in [0.1, 0.15) is 0 Å². The van der Waals surface area contributed by atoms with Gasteiger partial charge in [-0.15, -0.1) is 0 Å². The van der Waals surface area contributed by atoms with Crippen LogP contribution in [0, 0.1) is 0 Å². The van der Waals surface area contributed by atoms with Crippen molar-refractivity contribution in [3.63, 3.8) is 0 Å². The van der Waals surface area contributed by atoms with E-state index >= 15 is 0 Å². The second-order valence-electron chi connectivity index (χ2n) is 4.29. The summed E-state index contributed by atoms with van der Waals surface area (Å²) in [7, 11) is 0. The Kier molecular flexibility index (Phi) is 3.62. The van der Waals surface area contributed by atoms with Gasteiger partial charge in [0.25, 0.3) is 0 Å². The highest BCUT2D eigenvalue weighted by molar-refractivity contribution is 5.94. The molecule has 16 heavy (non-hydrogen) atoms. The average Bonchev–Trinajstić information content (AvgIpc) is 2.13. The molecule has 92 valence electrons. The lowest BCUT2D eigenvalue weighted by Gasteiger charge is -2.35. The van der Waals surface area contributed by atoms with E-state index in [1.807, 2.05) is 0 Å². The Morgan fingerprint density at radius 2 is 2.06 bits per heavy atom. The smallest absolute Gasteiger partial charge is 0.307 e. The van der Waals surface area contributed by atoms with Gasteiger partial charge in [-0.05, 0) is 25.7 Å². The van der Waals surface area contributed by atoms with E-state index in [1.165, 1.54) is 0 Å². The van der Waals surface area contributed by atoms with Gasteiger partial charge in [0.15, 0.2) is 0 Å². The third-order valence-corrected chi connectivity index (χ3v) is 2.91. The van der Waals surface area contributed by atoms with Gasteiger partial charge < -0.3 is 10.8 Å². The summed E-state index contributed by atoms with van der Waals surface area (Å²) in [6.07, 6.45) is -0.0494. The second-order valence-corrected chi connectivity index (χ2v) is 4.29. The number of carbonyl (C=O) groups excluding carboxylic acids is 1. The molecule has 6 heteroatoms. The molecule has 0 saturated heterocycles. The normalized spacial score (nSPS) is 29.1. The van der Waals surface area contributed by atoms with Crippen molar-refractivity contribution in [1.29, 1.82) is 0 Å². The molecule has 0 aromatic rings. The van der Waals surface area contributed by atoms with Crippen LogP contribution in [0.2, 0.25) is 0 Å². The third-order valence-electron chi connectivity index (χ3n) is 2.91. The molecule has 0 aliphatic heterocycles. The molecule has 1 unspecified atom stereocenters. The van der Waals surface area contributed by atoms with Gasteiger partial charge >= 0.3 is 11.9 Å². The Hall–Kier alpha value is -1.04. The quantitative estimate of drug-likeness (QED) is 0.770. The minimum absolute atomic E-state index is 0.00766. The van der Waals surface area contributed by atoms with E-state index in [0.717, 1.165) is 0 Å². The molecule has 1 aliphatic carbocycles. The predicted molar refractivity (Wildman–Crippen MR) is 52.2 cm³/mol. The van der Waals surface area contributed by atoms with Crippen LogP contribution >= 0.6 is 0 Å². The lowest BCUT2D eigenvalue weighted by molar-refractivity contribution is -0.155. The first-order valence-corrected chi connectivity index (χ1v) is 5.21. The largest absolute Gasteiger partial charge is 0.481 e. The maximum atomic E-state index is 13.1. The molecule has 3 N–H and O–H groups in total. The topological polar surface area (TPSA) is 80.4 Å². The molecule has 1 atom stereocenters. The number of rotatable bonds is 4. The molecule has 0 amide bonds. The summed E-state index contributed by atoms with van der Waals surface area (Å²) in [5.74, 6) is -5.61. The van der Waals surface area contributed by atoms with Gasteiger partial charge in [-0.1, -0.05) is 0 Å². The molecule has 0 aromatic heterocycles. The summed E-state index contributed by atoms with van der Waals surface area (Å²) < 4.78 is 26.3. The third kappa shape index (κ3) is 2.75. The minimum atomic E-state index is -3.35. The summed E-state index contributed by atoms with van der Waals surface area (Å²) in [5.41, 5.74) is 4.10. The van der Waals surface area contributed by atoms with Crippen molar-refractivity contribution in [2.45, 2.75) is 50.0 Å². The van der Waals surface area contributed by atoms with Crippen LogP contribution in [0.3, 0.4) is 0 Å². The van der Waals surface area contributed by atoms with Crippen LogP contribution in [0.4, 0.5) is 8.78 Å². The fourth-order valence-corrected chi connectivity index (χ4v) is 2.01. The number of carboxylic acids is 1. The Morgan fingerprint density at radius 3 is 2.62 bits per heavy atom. The van der Waals surface area contributed by atoms with Gasteiger partial charge in [0, 0.05) is 12.8 Å². The van der Waals surface area contributed by atoms with E-state index in [0.29, 0.717) is 0 Å². The molecule has 4 nitrogen and oxygen atoms in total. The fourth-order valence-electron chi connectivity index (χ4n) is 2.01. The van der Waals surface area contributed by atoms with Crippen molar-refractivity contribution in [3.8, 4) is 0 Å². The van der Waals surface area contributed by atoms with Crippen LogP contribution < -0.4 is 5.73 Å². The van der Waals surface area contributed by atoms with Crippen LogP contribution in [-0.2, 0) is 9.59 Å². The number of nitrogens with two attached hydrogens (primary N) is 1. The van der Waals surface area contributed by atoms with Gasteiger partial charge in [-0.3, -0.25) is 9.59 Å². The minimum Gasteiger partial charge on any atom is -0.481 e. The molecular formula is C10H15F2NO3. The lowest BCUT2D eigenvalue weighted by atomic mass is 9.76. The molecule has 0 bridgehead atoms. The number of aliphatic carboxylic acids is 1. The zero-order valence-electron chi connectivity index (χ0n) is 8.84. The molecule has 0 heterocycles. The van der Waals surface area contributed by atoms with E-state index in [4.69, 9.17) is 10.8 Å². The maximum Gasteiger partial charge on any atom is 0.307 e. The summed E-state index contributed by atoms with van der Waals surface area (Å²) in [5, 5.41) is 8.42. The van der Waals surface area contributed by atoms with Gasteiger partial charge in [0.05, 0.1) is 5.54 Å². The highest BCUT2D eigenvalue weighted by Crippen LogP contribution is 2.37. The average molecular weight is 235 g/mol. The van der Waals surface area contributed by atoms with Crippen molar-refractivity contribution in [3.05, 3.63) is 0 Å². The van der Waals surface area contributed by atoms with E-state index in [-0.39, 0.29) is 32.1 Å². The van der Waals surface area contributed by atoms with Crippen LogP contribution in [-0.4, -0.2) is 28.3 Å². The SMILES string of the molecule is NC1(CCCC(=O)O)CCCC(F)(F)C1=O. The summed E-state index contributed by atoms with van der Waals surface area (Å²) in [6, 6.07) is 0. The molecule has 1 fully saturated rings. The molecule has 1 rings (SSSR count). The first-order chi connectivity index (χ1) is 7.28. The number of alkyl halides is 2. The fraction of sp³-hybridized carbons (Fsp3) is 0.800. The van der Waals surface area contributed by atoms with Gasteiger partial charge in [-0.2, -0.15) is 8.78 Å². The second kappa shape index (κ2) is 4.45. The van der Waals surface area contributed by atoms with Crippen molar-refractivity contribution < 1.29 is 23.5 Å². The van der Waals surface area contributed by atoms with Gasteiger partial charge in [-0.25, -0.2) is 0 Å². The van der Waals surface area contributed by atoms with Crippen LogP contribution in [0.15, 0.2) is 0 Å². The molecule has 0 aromatic carbocycles. The number of hydrogen-bond acceptors (Lipinski definition) is 3. The zero-order chi connectivity index (χ0) is 12.4. The number of halogens is 2. The van der Waals surface area contributed by atoms with Crippen molar-refractivity contribution in [2.75, 3.05) is 0 Å². The van der Waals surface area contributed by atoms with Crippen molar-refractivity contribution in [1.82, 2.24) is 0 Å². The summed E-state index contributed by atoms with van der Waals surface area (Å²) in [6.45, 7) is 0. The summed E-state index contributed by atoms with van der Waals surface area (Å²) in [4.78, 5) is 21.7. The highest BCUT2D eigenvalue weighted by atomic mass is 19.3. The van der Waals surface area contributed by atoms with Gasteiger partial charge in [0.2, 0.25) is 5.78 Å². The summed E-state index contributed by atoms with van der Waals surface area (Å²) >= 11 is 0. The number of ketones is 1. The molecule has 1 aliphatic rings. The van der Waals surface area contributed by atoms with Crippen molar-refractivity contribution in [2.24, 2.45) is 5.73 Å². The zero-order valence-corrected chi connectivity index (χ0v) is 8.84. The molecular weight excluding hydrogens is 220 g/mol. The first-order valence-electron chi connectivity index (χ1n) is 5.21. The van der Waals surface area contributed by atoms with Crippen LogP contribution in [0.5, 0.6) is 0 Å². The number of carbonyl (C=O) groups is 2. The van der Waals surface area contributed by atoms with E-state index in [1.54, 1.807) is 0 Å². The number of carboxylic acid groups (broad SMARTS) is 1. The van der Waals surface area contributed by atoms with Crippen LogP contribution in [0.25, 0.3) is 0 Å². The lowest BCUT2D eigenvalue weighted by Crippen LogP contribution is -2.58.